The van der Waals surface area contributed by atoms with Gasteiger partial charge in [-0.25, -0.2) is 4.79 Å². The van der Waals surface area contributed by atoms with Crippen molar-refractivity contribution in [3.05, 3.63) is 53.8 Å². The van der Waals surface area contributed by atoms with Gasteiger partial charge >= 0.3 is 5.97 Å². The van der Waals surface area contributed by atoms with Crippen LogP contribution in [0.2, 0.25) is 0 Å². The number of rotatable bonds is 8. The Kier molecular flexibility index (Phi) is 17.3. The summed E-state index contributed by atoms with van der Waals surface area (Å²) >= 11 is 0. The second-order valence-corrected chi connectivity index (χ2v) is 19.5. The predicted molar refractivity (Wildman–Crippen MR) is 245 cm³/mol. The van der Waals surface area contributed by atoms with Crippen molar-refractivity contribution in [3.63, 3.8) is 0 Å². The molecule has 0 spiro atoms. The minimum Gasteiger partial charge on any atom is -0.488 e. The highest BCUT2D eigenvalue weighted by molar-refractivity contribution is 6.39. The third-order valence-electron chi connectivity index (χ3n) is 14.7. The van der Waals surface area contributed by atoms with Gasteiger partial charge in [-0.1, -0.05) is 45.4 Å². The molecule has 1 aromatic heterocycles. The number of allylic oxidation sites excluding steroid dienone is 3. The SMILES string of the molecule is CC[C@@H]1/C=C(\C)C[C@H](C)C[C@H](OC)[C@H]2O[C@@](O)(C(=O)C(=O)N3CCCC[C@H]3C(=O)O[C@H](/C(C)=C/[C@@H]3CC[C@@H](Oc4ccc5[nH]ccc5c4)[C@H](OC)C3)[C@H](C)[C@@H](O)CC1=O)[C@H](C)C[C@@H]2OC. The number of hydrogen-bond acceptors (Lipinski definition) is 12. The summed E-state index contributed by atoms with van der Waals surface area (Å²) in [6.07, 6.45) is 6.54. The van der Waals surface area contributed by atoms with Crippen molar-refractivity contribution in [1.82, 2.24) is 9.88 Å². The number of methoxy groups -OCH3 is 3. The second kappa shape index (κ2) is 22.3. The van der Waals surface area contributed by atoms with E-state index in [9.17, 15) is 29.4 Å². The number of hydrogen-bond donors (Lipinski definition) is 3. The molecule has 14 heteroatoms. The van der Waals surface area contributed by atoms with E-state index in [-0.39, 0.29) is 55.6 Å². The van der Waals surface area contributed by atoms with Crippen LogP contribution in [0.25, 0.3) is 10.9 Å². The van der Waals surface area contributed by atoms with Crippen molar-refractivity contribution in [3.8, 4) is 5.75 Å². The number of piperidine rings is 1. The lowest BCUT2D eigenvalue weighted by Gasteiger charge is -2.47. The van der Waals surface area contributed by atoms with Crippen LogP contribution in [0.1, 0.15) is 112 Å². The lowest BCUT2D eigenvalue weighted by atomic mass is 9.81. The van der Waals surface area contributed by atoms with E-state index >= 15 is 0 Å². The first-order valence-electron chi connectivity index (χ1n) is 23.9. The zero-order valence-electron chi connectivity index (χ0n) is 40.0. The number of ketones is 2. The first kappa shape index (κ1) is 50.5. The van der Waals surface area contributed by atoms with E-state index in [0.29, 0.717) is 50.5 Å². The standard InChI is InChI=1S/C51H74N2O12/c1-10-35-22-29(2)21-30(3)23-44(61-8)47-45(62-9)25-32(5)51(59,65-47)48(56)49(57)53-20-12-11-13-39(53)50(58)64-46(33(6)40(54)28-41(35)55)31(4)24-34-14-17-42(43(26-34)60-7)63-37-15-16-38-36(27-37)18-19-52-38/h15-16,18-19,22,24,27,30,32-35,39-40,42-47,52,54,59H,10-14,17,20-21,23,25-26,28H2,1-9H3/b29-22+,31-24+/t30-,32+,33+,34-,35+,39-,40-,42+,43+,44-,45-,46+,47+,51+/m0/s1. The molecule has 1 amide bonds. The molecule has 0 unspecified atom stereocenters. The van der Waals surface area contributed by atoms with Gasteiger partial charge in [0.05, 0.1) is 24.4 Å². The number of amides is 1. The van der Waals surface area contributed by atoms with Gasteiger partial charge in [0.1, 0.15) is 35.9 Å². The van der Waals surface area contributed by atoms with Gasteiger partial charge in [-0.2, -0.15) is 0 Å². The van der Waals surface area contributed by atoms with E-state index in [1.807, 2.05) is 57.3 Å². The summed E-state index contributed by atoms with van der Waals surface area (Å²) in [5.74, 6) is -6.72. The number of esters is 1. The molecule has 2 bridgehead atoms. The van der Waals surface area contributed by atoms with Crippen molar-refractivity contribution in [2.75, 3.05) is 27.9 Å². The van der Waals surface area contributed by atoms with E-state index in [2.05, 4.69) is 18.0 Å². The number of benzene rings is 1. The molecule has 1 saturated carbocycles. The van der Waals surface area contributed by atoms with Gasteiger partial charge in [0.25, 0.3) is 11.7 Å². The molecular formula is C51H74N2O12. The Morgan fingerprint density at radius 1 is 0.923 bits per heavy atom. The topological polar surface area (TPSA) is 183 Å². The first-order valence-corrected chi connectivity index (χ1v) is 23.9. The molecule has 3 N–H and O–H groups in total. The molecule has 2 aromatic rings. The number of nitrogens with zero attached hydrogens (tertiary/aromatic N) is 1. The number of carbonyl (C=O) groups excluding carboxylic acids is 4. The summed E-state index contributed by atoms with van der Waals surface area (Å²) in [5, 5.41) is 25.0. The Labute approximate surface area is 384 Å². The van der Waals surface area contributed by atoms with E-state index in [1.54, 1.807) is 21.0 Å². The number of ether oxygens (including phenoxy) is 6. The largest absolute Gasteiger partial charge is 0.488 e. The van der Waals surface area contributed by atoms with Crippen LogP contribution in [-0.4, -0.2) is 126 Å². The van der Waals surface area contributed by atoms with Crippen molar-refractivity contribution in [1.29, 1.82) is 0 Å². The number of aliphatic hydroxyl groups excluding tert-OH is 1. The minimum atomic E-state index is -2.51. The molecule has 3 aliphatic heterocycles. The van der Waals surface area contributed by atoms with Gasteiger partial charge in [0, 0.05) is 69.1 Å². The van der Waals surface area contributed by atoms with Gasteiger partial charge < -0.3 is 48.5 Å². The minimum absolute atomic E-state index is 0.0181. The Morgan fingerprint density at radius 2 is 1.65 bits per heavy atom. The number of cyclic esters (lactones) is 1. The number of fused-ring (bicyclic) bond motifs is 4. The fraction of sp³-hybridized carbons (Fsp3) is 0.686. The average molecular weight is 907 g/mol. The number of carbonyl (C=O) groups is 4. The molecule has 65 heavy (non-hydrogen) atoms. The van der Waals surface area contributed by atoms with Gasteiger partial charge in [0.15, 0.2) is 0 Å². The molecule has 14 nitrogen and oxygen atoms in total. The van der Waals surface area contributed by atoms with Crippen LogP contribution in [-0.2, 0) is 42.9 Å². The monoisotopic (exact) mass is 907 g/mol. The lowest BCUT2D eigenvalue weighted by molar-refractivity contribution is -0.302. The quantitative estimate of drug-likeness (QED) is 0.140. The summed E-state index contributed by atoms with van der Waals surface area (Å²) < 4.78 is 36.9. The smallest absolute Gasteiger partial charge is 0.329 e. The summed E-state index contributed by atoms with van der Waals surface area (Å²) in [6, 6.07) is 6.82. The number of aromatic amines is 1. The molecule has 14 atom stereocenters. The normalized spacial score (nSPS) is 37.5. The number of Topliss-reactive ketones (excluding diaryl/α,β-unsaturated/α-hetero) is 2. The molecule has 6 rings (SSSR count). The Morgan fingerprint density at radius 3 is 2.35 bits per heavy atom. The van der Waals surface area contributed by atoms with Crippen LogP contribution in [0.4, 0.5) is 0 Å². The van der Waals surface area contributed by atoms with Crippen molar-refractivity contribution >= 4 is 34.3 Å². The lowest BCUT2D eigenvalue weighted by Crippen LogP contribution is -2.64. The molecule has 1 aromatic carbocycles. The van der Waals surface area contributed by atoms with E-state index in [0.717, 1.165) is 28.6 Å². The molecule has 4 heterocycles. The zero-order valence-corrected chi connectivity index (χ0v) is 40.0. The summed E-state index contributed by atoms with van der Waals surface area (Å²) in [4.78, 5) is 61.6. The summed E-state index contributed by atoms with van der Waals surface area (Å²) in [7, 11) is 4.76. The molecule has 0 radical (unpaired) electrons. The summed E-state index contributed by atoms with van der Waals surface area (Å²) in [5.41, 5.74) is 2.72. The maximum Gasteiger partial charge on any atom is 0.329 e. The van der Waals surface area contributed by atoms with Crippen LogP contribution >= 0.6 is 0 Å². The third-order valence-corrected chi connectivity index (χ3v) is 14.7. The summed E-state index contributed by atoms with van der Waals surface area (Å²) in [6.45, 7) is 11.4. The molecule has 1 aliphatic carbocycles. The van der Waals surface area contributed by atoms with Crippen LogP contribution in [0.15, 0.2) is 53.8 Å². The fourth-order valence-electron chi connectivity index (χ4n) is 10.8. The number of aliphatic hydroxyl groups is 2. The maximum atomic E-state index is 14.5. The Hall–Kier alpha value is -3.92. The fourth-order valence-corrected chi connectivity index (χ4v) is 10.8. The molecule has 2 saturated heterocycles. The highest BCUT2D eigenvalue weighted by Crippen LogP contribution is 2.40. The van der Waals surface area contributed by atoms with E-state index in [1.165, 1.54) is 19.1 Å². The van der Waals surface area contributed by atoms with Gasteiger partial charge in [-0.3, -0.25) is 14.4 Å². The molecule has 3 fully saturated rings. The van der Waals surface area contributed by atoms with Crippen molar-refractivity contribution < 1.29 is 57.8 Å². The van der Waals surface area contributed by atoms with Gasteiger partial charge in [-0.15, -0.1) is 0 Å². The van der Waals surface area contributed by atoms with Crippen molar-refractivity contribution in [2.45, 2.75) is 167 Å². The highest BCUT2D eigenvalue weighted by Gasteiger charge is 2.56. The first-order chi connectivity index (χ1) is 31.0. The highest BCUT2D eigenvalue weighted by atomic mass is 16.7. The number of aromatic nitrogens is 1. The molecule has 4 aliphatic rings. The third kappa shape index (κ3) is 11.6. The number of nitrogens with one attached hydrogen (secondary N) is 1. The van der Waals surface area contributed by atoms with Gasteiger partial charge in [0.2, 0.25) is 5.79 Å². The van der Waals surface area contributed by atoms with Crippen LogP contribution in [0.3, 0.4) is 0 Å². The van der Waals surface area contributed by atoms with Gasteiger partial charge in [-0.05, 0) is 120 Å². The molecule has 360 valence electrons. The van der Waals surface area contributed by atoms with Crippen LogP contribution in [0.5, 0.6) is 5.75 Å². The molecular weight excluding hydrogens is 833 g/mol. The Balaban J connectivity index is 1.30. The predicted octanol–water partition coefficient (Wildman–Crippen LogP) is 7.04. The zero-order chi connectivity index (χ0) is 47.2. The van der Waals surface area contributed by atoms with Crippen molar-refractivity contribution in [2.24, 2.45) is 29.6 Å². The maximum absolute atomic E-state index is 14.5. The van der Waals surface area contributed by atoms with E-state index in [4.69, 9.17) is 28.4 Å². The Bertz CT molecular complexity index is 2030. The number of H-pyrrole nitrogens is 1. The van der Waals surface area contributed by atoms with Crippen LogP contribution < -0.4 is 4.74 Å². The van der Waals surface area contributed by atoms with Crippen LogP contribution in [0, 0.1) is 29.6 Å². The second-order valence-electron chi connectivity index (χ2n) is 19.5. The van der Waals surface area contributed by atoms with E-state index < -0.39 is 77.8 Å². The average Bonchev–Trinajstić information content (AvgIpc) is 3.77.